The van der Waals surface area contributed by atoms with E-state index in [9.17, 15) is 0 Å². The van der Waals surface area contributed by atoms with Crippen LogP contribution in [0.2, 0.25) is 0 Å². The van der Waals surface area contributed by atoms with Crippen LogP contribution < -0.4 is 0 Å². The molecule has 0 aromatic rings. The number of hydrogen-bond acceptors (Lipinski definition) is 0. The molecule has 1 spiro atoms. The summed E-state index contributed by atoms with van der Waals surface area (Å²) in [5.74, 6) is 3.31. The molecule has 0 heteroatoms. The molecule has 0 N–H and O–H groups in total. The highest BCUT2D eigenvalue weighted by molar-refractivity contribution is 5.51. The zero-order valence-corrected chi connectivity index (χ0v) is 6.44. The van der Waals surface area contributed by atoms with Crippen molar-refractivity contribution in [3.05, 3.63) is 0 Å². The second-order valence-corrected chi connectivity index (χ2v) is 4.80. The van der Waals surface area contributed by atoms with Crippen LogP contribution in [-0.4, -0.2) is 0 Å². The van der Waals surface area contributed by atoms with Crippen molar-refractivity contribution in [2.24, 2.45) is 28.6 Å². The molecular formula is C9H14. The van der Waals surface area contributed by atoms with Gasteiger partial charge in [-0.2, -0.15) is 0 Å². The van der Waals surface area contributed by atoms with Crippen LogP contribution in [0.3, 0.4) is 0 Å². The predicted octanol–water partition coefficient (Wildman–Crippen LogP) is 2.30. The molecule has 3 saturated carbocycles. The van der Waals surface area contributed by atoms with Crippen molar-refractivity contribution in [3.63, 3.8) is 0 Å². The highest BCUT2D eigenvalue weighted by atomic mass is 15.1. The first-order valence-electron chi connectivity index (χ1n) is 4.15. The zero-order chi connectivity index (χ0) is 6.44. The molecule has 3 rings (SSSR count). The first-order chi connectivity index (χ1) is 4.15. The molecule has 4 unspecified atom stereocenters. The predicted molar refractivity (Wildman–Crippen MR) is 37.0 cm³/mol. The number of hydrogen-bond donors (Lipinski definition) is 0. The summed E-state index contributed by atoms with van der Waals surface area (Å²) in [7, 11) is 0. The summed E-state index contributed by atoms with van der Waals surface area (Å²) in [6, 6.07) is 0. The molecule has 0 bridgehead atoms. The lowest BCUT2D eigenvalue weighted by molar-refractivity contribution is 0.383. The van der Waals surface area contributed by atoms with Gasteiger partial charge in [0.1, 0.15) is 0 Å². The third-order valence-corrected chi connectivity index (χ3v) is 4.43. The lowest BCUT2D eigenvalue weighted by Gasteiger charge is -2.10. The van der Waals surface area contributed by atoms with E-state index in [1.54, 1.807) is 6.42 Å². The van der Waals surface area contributed by atoms with Crippen molar-refractivity contribution < 1.29 is 0 Å². The van der Waals surface area contributed by atoms with Gasteiger partial charge in [0.2, 0.25) is 0 Å². The Morgan fingerprint density at radius 1 is 1.44 bits per heavy atom. The molecule has 0 amide bonds. The standard InChI is InChI=1S/C9H14/c1-5(2)7-8(3)6-4-9(6,7)8/h5-7H,4H2,1-3H3. The molecule has 0 heterocycles. The maximum Gasteiger partial charge on any atom is -0.0165 e. The second kappa shape index (κ2) is 0.810. The molecule has 0 aliphatic heterocycles. The Bertz CT molecular complexity index is 184. The van der Waals surface area contributed by atoms with E-state index in [-0.39, 0.29) is 0 Å². The van der Waals surface area contributed by atoms with Gasteiger partial charge in [0, 0.05) is 0 Å². The highest BCUT2D eigenvalue weighted by Gasteiger charge is 3.05. The SMILES string of the molecule is CC(C)C1C2(C)C3CC312. The minimum absolute atomic E-state index is 0.890. The Hall–Kier alpha value is 0. The van der Waals surface area contributed by atoms with Crippen LogP contribution in [0.25, 0.3) is 0 Å². The van der Waals surface area contributed by atoms with Crippen LogP contribution in [0.15, 0.2) is 0 Å². The smallest absolute Gasteiger partial charge is 0.0165 e. The fraction of sp³-hybridized carbons (Fsp3) is 1.00. The molecule has 3 aliphatic rings. The number of fused-ring (bicyclic) bond motifs is 1. The summed E-state index contributed by atoms with van der Waals surface area (Å²) in [4.78, 5) is 0. The van der Waals surface area contributed by atoms with Gasteiger partial charge in [-0.05, 0) is 35.0 Å². The highest BCUT2D eigenvalue weighted by Crippen LogP contribution is 3.09. The van der Waals surface area contributed by atoms with E-state index in [2.05, 4.69) is 20.8 Å². The Morgan fingerprint density at radius 2 is 2.00 bits per heavy atom. The normalized spacial score (nSPS) is 73.3. The third-order valence-electron chi connectivity index (χ3n) is 4.43. The summed E-state index contributed by atoms with van der Waals surface area (Å²) in [6.07, 6.45) is 1.59. The Labute approximate surface area is 56.6 Å². The van der Waals surface area contributed by atoms with Crippen LogP contribution in [-0.2, 0) is 0 Å². The average molecular weight is 122 g/mol. The van der Waals surface area contributed by atoms with Gasteiger partial charge in [-0.1, -0.05) is 20.8 Å². The summed E-state index contributed by atoms with van der Waals surface area (Å²) < 4.78 is 0. The Morgan fingerprint density at radius 3 is 2.11 bits per heavy atom. The van der Waals surface area contributed by atoms with Gasteiger partial charge in [0.15, 0.2) is 0 Å². The second-order valence-electron chi connectivity index (χ2n) is 4.80. The first-order valence-corrected chi connectivity index (χ1v) is 4.15. The van der Waals surface area contributed by atoms with Crippen molar-refractivity contribution in [2.75, 3.05) is 0 Å². The van der Waals surface area contributed by atoms with Gasteiger partial charge < -0.3 is 0 Å². The molecule has 3 fully saturated rings. The van der Waals surface area contributed by atoms with Crippen molar-refractivity contribution in [2.45, 2.75) is 27.2 Å². The van der Waals surface area contributed by atoms with E-state index in [1.807, 2.05) is 0 Å². The maximum absolute atomic E-state index is 2.49. The molecule has 0 aromatic carbocycles. The van der Waals surface area contributed by atoms with Gasteiger partial charge in [0.05, 0.1) is 0 Å². The quantitative estimate of drug-likeness (QED) is 0.500. The van der Waals surface area contributed by atoms with E-state index in [0.717, 1.165) is 22.7 Å². The Balaban J connectivity index is 1.90. The Kier molecular flexibility index (Phi) is 0.428. The third kappa shape index (κ3) is 0.222. The van der Waals surface area contributed by atoms with Crippen molar-refractivity contribution in [1.82, 2.24) is 0 Å². The zero-order valence-electron chi connectivity index (χ0n) is 6.44. The first kappa shape index (κ1) is 4.76. The van der Waals surface area contributed by atoms with E-state index >= 15 is 0 Å². The van der Waals surface area contributed by atoms with Crippen molar-refractivity contribution in [3.8, 4) is 0 Å². The minimum atomic E-state index is 0.890. The number of rotatable bonds is 1. The molecule has 0 aromatic heterocycles. The van der Waals surface area contributed by atoms with Crippen LogP contribution in [0.4, 0.5) is 0 Å². The minimum Gasteiger partial charge on any atom is -0.0625 e. The van der Waals surface area contributed by atoms with E-state index < -0.39 is 0 Å². The summed E-state index contributed by atoms with van der Waals surface area (Å²) in [5, 5.41) is 0. The molecule has 3 aliphatic carbocycles. The maximum atomic E-state index is 2.49. The largest absolute Gasteiger partial charge is 0.0625 e. The van der Waals surface area contributed by atoms with Gasteiger partial charge in [-0.25, -0.2) is 0 Å². The summed E-state index contributed by atoms with van der Waals surface area (Å²) in [5.41, 5.74) is 1.85. The van der Waals surface area contributed by atoms with Gasteiger partial charge in [-0.3, -0.25) is 0 Å². The monoisotopic (exact) mass is 122 g/mol. The topological polar surface area (TPSA) is 0 Å². The lowest BCUT2D eigenvalue weighted by atomic mass is 9.95. The van der Waals surface area contributed by atoms with E-state index in [4.69, 9.17) is 0 Å². The van der Waals surface area contributed by atoms with E-state index in [1.165, 1.54) is 5.92 Å². The van der Waals surface area contributed by atoms with Gasteiger partial charge in [-0.15, -0.1) is 0 Å². The van der Waals surface area contributed by atoms with Crippen LogP contribution >= 0.6 is 0 Å². The molecule has 0 saturated heterocycles. The van der Waals surface area contributed by atoms with Crippen LogP contribution in [0.5, 0.6) is 0 Å². The summed E-state index contributed by atoms with van der Waals surface area (Å²) >= 11 is 0. The molecule has 0 nitrogen and oxygen atoms in total. The average Bonchev–Trinajstić information content (AvgIpc) is 2.57. The lowest BCUT2D eigenvalue weighted by Crippen LogP contribution is -2.04. The van der Waals surface area contributed by atoms with Crippen LogP contribution in [0, 0.1) is 28.6 Å². The summed E-state index contributed by atoms with van der Waals surface area (Å²) in [6.45, 7) is 7.25. The molecule has 9 heavy (non-hydrogen) atoms. The molecule has 4 atom stereocenters. The molecule has 50 valence electrons. The molecule has 0 radical (unpaired) electrons. The molecular weight excluding hydrogens is 108 g/mol. The van der Waals surface area contributed by atoms with Crippen molar-refractivity contribution >= 4 is 0 Å². The van der Waals surface area contributed by atoms with Gasteiger partial charge >= 0.3 is 0 Å². The fourth-order valence-electron chi connectivity index (χ4n) is 3.97. The van der Waals surface area contributed by atoms with E-state index in [0.29, 0.717) is 0 Å². The fourth-order valence-corrected chi connectivity index (χ4v) is 3.97. The van der Waals surface area contributed by atoms with Gasteiger partial charge in [0.25, 0.3) is 0 Å². The van der Waals surface area contributed by atoms with Crippen LogP contribution in [0.1, 0.15) is 27.2 Å². The van der Waals surface area contributed by atoms with Crippen molar-refractivity contribution in [1.29, 1.82) is 0 Å².